The van der Waals surface area contributed by atoms with Crippen LogP contribution in [-0.2, 0) is 20.7 Å². The van der Waals surface area contributed by atoms with Crippen molar-refractivity contribution in [3.05, 3.63) is 34.9 Å². The van der Waals surface area contributed by atoms with Gasteiger partial charge in [-0.1, -0.05) is 12.1 Å². The minimum absolute atomic E-state index is 0.0428. The average molecular weight is 401 g/mol. The molecule has 2 aliphatic rings. The molecule has 2 aliphatic heterocycles. The van der Waals surface area contributed by atoms with Crippen molar-refractivity contribution in [3.63, 3.8) is 0 Å². The normalized spacial score (nSPS) is 21.8. The van der Waals surface area contributed by atoms with Crippen molar-refractivity contribution in [2.75, 3.05) is 0 Å². The number of imide groups is 2. The van der Waals surface area contributed by atoms with Crippen LogP contribution in [0.3, 0.4) is 0 Å². The molecule has 154 valence electrons. The Morgan fingerprint density at radius 2 is 1.93 bits per heavy atom. The van der Waals surface area contributed by atoms with Gasteiger partial charge in [-0.25, -0.2) is 4.79 Å². The van der Waals surface area contributed by atoms with E-state index in [1.165, 1.54) is 6.92 Å². The number of fused-ring (bicyclic) bond motifs is 1. The largest absolute Gasteiger partial charge is 0.444 e. The van der Waals surface area contributed by atoms with Crippen molar-refractivity contribution in [2.24, 2.45) is 5.73 Å². The van der Waals surface area contributed by atoms with E-state index in [0.717, 1.165) is 4.90 Å². The summed E-state index contributed by atoms with van der Waals surface area (Å²) < 4.78 is 5.07. The molecule has 1 atom stereocenters. The van der Waals surface area contributed by atoms with Crippen LogP contribution in [-0.4, -0.2) is 45.8 Å². The highest BCUT2D eigenvalue weighted by Crippen LogP contribution is 2.36. The number of hydrogen-bond donors (Lipinski definition) is 2. The molecule has 0 radical (unpaired) electrons. The number of nitrogens with two attached hydrogens (primary N) is 1. The summed E-state index contributed by atoms with van der Waals surface area (Å²) >= 11 is 0. The lowest BCUT2D eigenvalue weighted by molar-refractivity contribution is -0.140. The molecule has 0 bridgehead atoms. The van der Waals surface area contributed by atoms with E-state index in [1.54, 1.807) is 32.0 Å². The number of benzene rings is 1. The molecule has 0 aliphatic carbocycles. The zero-order valence-corrected chi connectivity index (χ0v) is 16.5. The Morgan fingerprint density at radius 1 is 1.24 bits per heavy atom. The maximum atomic E-state index is 13.2. The second kappa shape index (κ2) is 6.98. The third kappa shape index (κ3) is 3.59. The van der Waals surface area contributed by atoms with Gasteiger partial charge in [-0.2, -0.15) is 0 Å². The molecular formula is C20H23N3O6. The summed E-state index contributed by atoms with van der Waals surface area (Å²) in [5.74, 6) is -2.23. The number of carbonyl (C=O) groups excluding carboxylic acids is 5. The molecule has 1 fully saturated rings. The summed E-state index contributed by atoms with van der Waals surface area (Å²) in [6, 6.07) is 4.93. The number of carbonyl (C=O) groups is 5. The second-order valence-electron chi connectivity index (χ2n) is 8.12. The molecule has 29 heavy (non-hydrogen) atoms. The van der Waals surface area contributed by atoms with Crippen molar-refractivity contribution < 1.29 is 28.7 Å². The lowest BCUT2D eigenvalue weighted by Crippen LogP contribution is -2.62. The number of amides is 5. The third-order valence-corrected chi connectivity index (χ3v) is 5.45. The molecule has 3 rings (SSSR count). The van der Waals surface area contributed by atoms with Crippen molar-refractivity contribution >= 4 is 29.7 Å². The van der Waals surface area contributed by atoms with Crippen LogP contribution in [0.15, 0.2) is 18.2 Å². The van der Waals surface area contributed by atoms with Crippen LogP contribution >= 0.6 is 0 Å². The van der Waals surface area contributed by atoms with Gasteiger partial charge in [0, 0.05) is 6.42 Å². The van der Waals surface area contributed by atoms with Crippen molar-refractivity contribution in [3.8, 4) is 0 Å². The van der Waals surface area contributed by atoms with Crippen LogP contribution < -0.4 is 11.1 Å². The maximum Gasteiger partial charge on any atom is 0.405 e. The number of nitrogens with zero attached hydrogens (tertiary/aromatic N) is 1. The van der Waals surface area contributed by atoms with Crippen LogP contribution in [0.5, 0.6) is 0 Å². The Balaban J connectivity index is 1.91. The van der Waals surface area contributed by atoms with E-state index in [2.05, 4.69) is 5.32 Å². The molecule has 0 aromatic heterocycles. The molecule has 0 saturated carbocycles. The molecule has 1 aromatic rings. The van der Waals surface area contributed by atoms with E-state index in [0.29, 0.717) is 18.4 Å². The van der Waals surface area contributed by atoms with Gasteiger partial charge in [-0.15, -0.1) is 0 Å². The number of piperidine rings is 1. The van der Waals surface area contributed by atoms with Crippen LogP contribution in [0.4, 0.5) is 4.79 Å². The molecular weight excluding hydrogens is 378 g/mol. The van der Waals surface area contributed by atoms with E-state index in [4.69, 9.17) is 10.5 Å². The van der Waals surface area contributed by atoms with E-state index < -0.39 is 40.9 Å². The van der Waals surface area contributed by atoms with E-state index in [1.807, 2.05) is 0 Å². The zero-order valence-electron chi connectivity index (χ0n) is 16.5. The molecule has 9 heteroatoms. The summed E-state index contributed by atoms with van der Waals surface area (Å²) in [4.78, 5) is 62.2. The molecule has 1 saturated heterocycles. The van der Waals surface area contributed by atoms with Gasteiger partial charge in [0.2, 0.25) is 5.91 Å². The first kappa shape index (κ1) is 20.5. The van der Waals surface area contributed by atoms with Crippen molar-refractivity contribution in [2.45, 2.75) is 57.6 Å². The first-order valence-corrected chi connectivity index (χ1v) is 9.30. The van der Waals surface area contributed by atoms with Gasteiger partial charge in [0.15, 0.2) is 0 Å². The van der Waals surface area contributed by atoms with E-state index in [9.17, 15) is 24.0 Å². The summed E-state index contributed by atoms with van der Waals surface area (Å²) in [5, 5.41) is 2.21. The van der Waals surface area contributed by atoms with Gasteiger partial charge in [-0.3, -0.25) is 29.4 Å². The minimum Gasteiger partial charge on any atom is -0.444 e. The zero-order chi connectivity index (χ0) is 21.6. The predicted octanol–water partition coefficient (Wildman–Crippen LogP) is 1.28. The average Bonchev–Trinajstić information content (AvgIpc) is 2.88. The molecule has 1 unspecified atom stereocenters. The molecule has 5 amide bonds. The highest BCUT2D eigenvalue weighted by atomic mass is 16.6. The number of primary amides is 1. The van der Waals surface area contributed by atoms with Crippen LogP contribution in [0.1, 0.15) is 66.3 Å². The Morgan fingerprint density at radius 3 is 2.55 bits per heavy atom. The Labute approximate surface area is 167 Å². The topological polar surface area (TPSA) is 136 Å². The Bertz CT molecular complexity index is 938. The van der Waals surface area contributed by atoms with Gasteiger partial charge in [0.1, 0.15) is 11.1 Å². The Kier molecular flexibility index (Phi) is 4.94. The number of ether oxygens (including phenoxy) is 1. The molecule has 1 aromatic carbocycles. The quantitative estimate of drug-likeness (QED) is 0.714. The van der Waals surface area contributed by atoms with E-state index >= 15 is 0 Å². The van der Waals surface area contributed by atoms with Gasteiger partial charge in [-0.05, 0) is 51.7 Å². The summed E-state index contributed by atoms with van der Waals surface area (Å²) in [6.07, 6.45) is -0.0480. The van der Waals surface area contributed by atoms with Crippen LogP contribution in [0, 0.1) is 0 Å². The van der Waals surface area contributed by atoms with Gasteiger partial charge in [0.25, 0.3) is 17.7 Å². The van der Waals surface area contributed by atoms with Crippen LogP contribution in [0.25, 0.3) is 0 Å². The van der Waals surface area contributed by atoms with Gasteiger partial charge in [0.05, 0.1) is 11.1 Å². The monoisotopic (exact) mass is 401 g/mol. The maximum absolute atomic E-state index is 13.2. The molecule has 3 N–H and O–H groups in total. The number of nitrogens with one attached hydrogen (secondary N) is 1. The summed E-state index contributed by atoms with van der Waals surface area (Å²) in [7, 11) is 0. The first-order valence-electron chi connectivity index (χ1n) is 9.30. The second-order valence-corrected chi connectivity index (χ2v) is 8.12. The fourth-order valence-electron chi connectivity index (χ4n) is 3.78. The fraction of sp³-hybridized carbons (Fsp3) is 0.450. The molecule has 0 spiro atoms. The smallest absolute Gasteiger partial charge is 0.405 e. The van der Waals surface area contributed by atoms with Crippen molar-refractivity contribution in [1.29, 1.82) is 0 Å². The standard InChI is InChI=1S/C20H23N3O6/c1-19(2,29-18(21)28)9-7-11-5-4-6-12-14(11)16(26)23(15(12)25)20(3)10-8-13(24)22-17(20)27/h4-6H,7-10H2,1-3H3,(H2,21,28)(H,22,24,27). The SMILES string of the molecule is CC(C)(CCc1cccc2c1C(=O)N(C1(C)CCC(=O)NC1=O)C2=O)OC(N)=O. The van der Waals surface area contributed by atoms with Gasteiger partial charge >= 0.3 is 6.09 Å². The minimum atomic E-state index is -1.44. The number of hydrogen-bond acceptors (Lipinski definition) is 6. The Hall–Kier alpha value is -3.23. The van der Waals surface area contributed by atoms with Gasteiger partial charge < -0.3 is 10.5 Å². The van der Waals surface area contributed by atoms with Crippen LogP contribution in [0.2, 0.25) is 0 Å². The lowest BCUT2D eigenvalue weighted by atomic mass is 9.89. The van der Waals surface area contributed by atoms with E-state index in [-0.39, 0.29) is 24.0 Å². The predicted molar refractivity (Wildman–Crippen MR) is 101 cm³/mol. The third-order valence-electron chi connectivity index (χ3n) is 5.45. The summed E-state index contributed by atoms with van der Waals surface area (Å²) in [6.45, 7) is 4.88. The first-order chi connectivity index (χ1) is 13.5. The molecule has 9 nitrogen and oxygen atoms in total. The molecule has 2 heterocycles. The fourth-order valence-corrected chi connectivity index (χ4v) is 3.78. The summed E-state index contributed by atoms with van der Waals surface area (Å²) in [5.41, 5.74) is 3.86. The number of aryl methyl sites for hydroxylation is 1. The number of rotatable bonds is 5. The lowest BCUT2D eigenvalue weighted by Gasteiger charge is -2.38. The van der Waals surface area contributed by atoms with Crippen molar-refractivity contribution in [1.82, 2.24) is 10.2 Å². The highest BCUT2D eigenvalue weighted by molar-refractivity contribution is 6.24. The highest BCUT2D eigenvalue weighted by Gasteiger charge is 2.53.